The van der Waals surface area contributed by atoms with Crippen molar-refractivity contribution in [1.82, 2.24) is 5.32 Å². The van der Waals surface area contributed by atoms with Crippen molar-refractivity contribution in [2.75, 3.05) is 0 Å². The minimum absolute atomic E-state index is 0.0202. The SMILES string of the molecule is CC(C)C(C)C(=O)NC1CCCC1C(=O)O. The average molecular weight is 227 g/mol. The van der Waals surface area contributed by atoms with Gasteiger partial charge in [-0.1, -0.05) is 27.2 Å². The molecule has 1 aliphatic rings. The molecular weight excluding hydrogens is 206 g/mol. The highest BCUT2D eigenvalue weighted by Crippen LogP contribution is 2.26. The van der Waals surface area contributed by atoms with Gasteiger partial charge >= 0.3 is 5.97 Å². The van der Waals surface area contributed by atoms with E-state index in [0.29, 0.717) is 6.42 Å². The van der Waals surface area contributed by atoms with E-state index in [1.165, 1.54) is 0 Å². The number of hydrogen-bond acceptors (Lipinski definition) is 2. The van der Waals surface area contributed by atoms with E-state index in [2.05, 4.69) is 5.32 Å². The van der Waals surface area contributed by atoms with Crippen molar-refractivity contribution in [3.05, 3.63) is 0 Å². The van der Waals surface area contributed by atoms with Crippen LogP contribution in [0.25, 0.3) is 0 Å². The first kappa shape index (κ1) is 13.0. The van der Waals surface area contributed by atoms with E-state index in [1.54, 1.807) is 0 Å². The molecule has 0 aromatic rings. The summed E-state index contributed by atoms with van der Waals surface area (Å²) in [4.78, 5) is 22.8. The number of aliphatic carboxylic acids is 1. The molecule has 3 atom stereocenters. The monoisotopic (exact) mass is 227 g/mol. The number of carbonyl (C=O) groups is 2. The molecule has 1 amide bonds. The summed E-state index contributed by atoms with van der Waals surface area (Å²) in [5.74, 6) is -0.990. The van der Waals surface area contributed by atoms with Crippen LogP contribution in [0.15, 0.2) is 0 Å². The van der Waals surface area contributed by atoms with E-state index in [0.717, 1.165) is 12.8 Å². The molecule has 3 unspecified atom stereocenters. The Hall–Kier alpha value is -1.06. The first-order valence-electron chi connectivity index (χ1n) is 5.96. The first-order valence-corrected chi connectivity index (χ1v) is 5.96. The minimum Gasteiger partial charge on any atom is -0.481 e. The van der Waals surface area contributed by atoms with Crippen LogP contribution >= 0.6 is 0 Å². The Labute approximate surface area is 96.4 Å². The summed E-state index contributed by atoms with van der Waals surface area (Å²) < 4.78 is 0. The van der Waals surface area contributed by atoms with Crippen molar-refractivity contribution in [2.45, 2.75) is 46.1 Å². The molecule has 1 saturated carbocycles. The topological polar surface area (TPSA) is 66.4 Å². The highest BCUT2D eigenvalue weighted by molar-refractivity contribution is 5.80. The lowest BCUT2D eigenvalue weighted by molar-refractivity contribution is -0.142. The molecule has 0 radical (unpaired) electrons. The summed E-state index contributed by atoms with van der Waals surface area (Å²) >= 11 is 0. The second kappa shape index (κ2) is 5.32. The third kappa shape index (κ3) is 2.97. The van der Waals surface area contributed by atoms with E-state index >= 15 is 0 Å². The van der Waals surface area contributed by atoms with E-state index < -0.39 is 11.9 Å². The predicted octanol–water partition coefficient (Wildman–Crippen LogP) is 1.65. The van der Waals surface area contributed by atoms with Gasteiger partial charge in [-0.25, -0.2) is 0 Å². The fraction of sp³-hybridized carbons (Fsp3) is 0.833. The summed E-state index contributed by atoms with van der Waals surface area (Å²) in [5, 5.41) is 11.9. The van der Waals surface area contributed by atoms with Crippen molar-refractivity contribution in [1.29, 1.82) is 0 Å². The summed E-state index contributed by atoms with van der Waals surface area (Å²) in [6.07, 6.45) is 2.35. The van der Waals surface area contributed by atoms with Crippen LogP contribution in [0.1, 0.15) is 40.0 Å². The number of carbonyl (C=O) groups excluding carboxylic acids is 1. The maximum atomic E-state index is 11.8. The molecule has 4 nitrogen and oxygen atoms in total. The summed E-state index contributed by atoms with van der Waals surface area (Å²) in [7, 11) is 0. The largest absolute Gasteiger partial charge is 0.481 e. The lowest BCUT2D eigenvalue weighted by atomic mass is 9.96. The third-order valence-electron chi connectivity index (χ3n) is 3.57. The zero-order valence-corrected chi connectivity index (χ0v) is 10.2. The van der Waals surface area contributed by atoms with Gasteiger partial charge in [-0.15, -0.1) is 0 Å². The fourth-order valence-electron chi connectivity index (χ4n) is 2.05. The first-order chi connectivity index (χ1) is 7.43. The molecule has 0 spiro atoms. The summed E-state index contributed by atoms with van der Waals surface area (Å²) in [6.45, 7) is 5.87. The average Bonchev–Trinajstić information content (AvgIpc) is 2.64. The van der Waals surface area contributed by atoms with Gasteiger partial charge < -0.3 is 10.4 Å². The molecule has 0 saturated heterocycles. The Morgan fingerprint density at radius 1 is 1.25 bits per heavy atom. The van der Waals surface area contributed by atoms with E-state index in [4.69, 9.17) is 5.11 Å². The molecule has 4 heteroatoms. The number of carboxylic acid groups (broad SMARTS) is 1. The van der Waals surface area contributed by atoms with E-state index in [1.807, 2.05) is 20.8 Å². The normalized spacial score (nSPS) is 26.8. The third-order valence-corrected chi connectivity index (χ3v) is 3.57. The highest BCUT2D eigenvalue weighted by Gasteiger charge is 2.34. The Bertz CT molecular complexity index is 275. The van der Waals surface area contributed by atoms with Gasteiger partial charge in [0.2, 0.25) is 5.91 Å². The maximum absolute atomic E-state index is 11.8. The summed E-state index contributed by atoms with van der Waals surface area (Å²) in [6, 6.07) is -0.175. The van der Waals surface area contributed by atoms with Gasteiger partial charge in [0.1, 0.15) is 0 Å². The van der Waals surface area contributed by atoms with E-state index in [-0.39, 0.29) is 23.8 Å². The van der Waals surface area contributed by atoms with Crippen LogP contribution in [0.5, 0.6) is 0 Å². The molecule has 0 bridgehead atoms. The summed E-state index contributed by atoms with van der Waals surface area (Å²) in [5.41, 5.74) is 0. The molecule has 92 valence electrons. The van der Waals surface area contributed by atoms with Crippen molar-refractivity contribution in [3.8, 4) is 0 Å². The number of rotatable bonds is 4. The predicted molar refractivity (Wildman–Crippen MR) is 60.9 cm³/mol. The van der Waals surface area contributed by atoms with Crippen LogP contribution in [0.2, 0.25) is 0 Å². The Balaban J connectivity index is 2.53. The van der Waals surface area contributed by atoms with Gasteiger partial charge in [0.05, 0.1) is 5.92 Å². The zero-order chi connectivity index (χ0) is 12.3. The molecule has 2 N–H and O–H groups in total. The van der Waals surface area contributed by atoms with Crippen molar-refractivity contribution in [2.24, 2.45) is 17.8 Å². The maximum Gasteiger partial charge on any atom is 0.308 e. The molecule has 0 aromatic heterocycles. The van der Waals surface area contributed by atoms with Crippen LogP contribution in [0.3, 0.4) is 0 Å². The number of nitrogens with one attached hydrogen (secondary N) is 1. The van der Waals surface area contributed by atoms with Crippen molar-refractivity contribution < 1.29 is 14.7 Å². The standard InChI is InChI=1S/C12H21NO3/c1-7(2)8(3)11(14)13-10-6-4-5-9(10)12(15)16/h7-10H,4-6H2,1-3H3,(H,13,14)(H,15,16). The number of amides is 1. The molecular formula is C12H21NO3. The smallest absolute Gasteiger partial charge is 0.308 e. The quantitative estimate of drug-likeness (QED) is 0.767. The highest BCUT2D eigenvalue weighted by atomic mass is 16.4. The molecule has 0 heterocycles. The van der Waals surface area contributed by atoms with Crippen LogP contribution in [-0.4, -0.2) is 23.0 Å². The fourth-order valence-corrected chi connectivity index (χ4v) is 2.05. The molecule has 1 rings (SSSR count). The Morgan fingerprint density at radius 3 is 2.38 bits per heavy atom. The molecule has 0 aromatic carbocycles. The number of carboxylic acids is 1. The van der Waals surface area contributed by atoms with Crippen molar-refractivity contribution in [3.63, 3.8) is 0 Å². The van der Waals surface area contributed by atoms with Crippen LogP contribution in [-0.2, 0) is 9.59 Å². The minimum atomic E-state index is -0.792. The van der Waals surface area contributed by atoms with Gasteiger partial charge in [0, 0.05) is 12.0 Å². The second-order valence-corrected chi connectivity index (χ2v) is 5.02. The van der Waals surface area contributed by atoms with Gasteiger partial charge in [-0.2, -0.15) is 0 Å². The van der Waals surface area contributed by atoms with Crippen LogP contribution in [0.4, 0.5) is 0 Å². The Kier molecular flexibility index (Phi) is 4.33. The zero-order valence-electron chi connectivity index (χ0n) is 10.2. The lowest BCUT2D eigenvalue weighted by Gasteiger charge is -2.21. The van der Waals surface area contributed by atoms with Crippen molar-refractivity contribution >= 4 is 11.9 Å². The molecule has 0 aliphatic heterocycles. The molecule has 1 fully saturated rings. The Morgan fingerprint density at radius 2 is 1.88 bits per heavy atom. The lowest BCUT2D eigenvalue weighted by Crippen LogP contribution is -2.43. The van der Waals surface area contributed by atoms with Crippen LogP contribution in [0, 0.1) is 17.8 Å². The van der Waals surface area contributed by atoms with E-state index in [9.17, 15) is 9.59 Å². The van der Waals surface area contributed by atoms with Crippen LogP contribution < -0.4 is 5.32 Å². The number of hydrogen-bond donors (Lipinski definition) is 2. The molecule has 16 heavy (non-hydrogen) atoms. The van der Waals surface area contributed by atoms with Gasteiger partial charge in [0.15, 0.2) is 0 Å². The van der Waals surface area contributed by atoms with Gasteiger partial charge in [-0.3, -0.25) is 9.59 Å². The van der Waals surface area contributed by atoms with Gasteiger partial charge in [0.25, 0.3) is 0 Å². The molecule has 1 aliphatic carbocycles. The second-order valence-electron chi connectivity index (χ2n) is 5.02. The van der Waals surface area contributed by atoms with Gasteiger partial charge in [-0.05, 0) is 18.8 Å².